The third-order valence-corrected chi connectivity index (χ3v) is 8.89. The smallest absolute Gasteiger partial charge is 0.354 e. The van der Waals surface area contributed by atoms with Gasteiger partial charge in [0.05, 0.1) is 16.9 Å². The third kappa shape index (κ3) is 5.00. The Morgan fingerprint density at radius 1 is 1.26 bits per heavy atom. The Morgan fingerprint density at radius 3 is 2.70 bits per heavy atom. The summed E-state index contributed by atoms with van der Waals surface area (Å²) in [5.41, 5.74) is 2.65. The molecule has 0 bridgehead atoms. The van der Waals surface area contributed by atoms with Crippen molar-refractivity contribution in [3.63, 3.8) is 0 Å². The van der Waals surface area contributed by atoms with Crippen molar-refractivity contribution < 1.29 is 18.3 Å². The minimum atomic E-state index is -1.08. The molecule has 0 radical (unpaired) electrons. The summed E-state index contributed by atoms with van der Waals surface area (Å²) >= 11 is 6.88. The largest absolute Gasteiger partial charge is 0.486 e. The highest BCUT2D eigenvalue weighted by Gasteiger charge is 2.36. The number of nitrogens with zero attached hydrogens (tertiary/aromatic N) is 6. The number of aryl methyl sites for hydroxylation is 1. The van der Waals surface area contributed by atoms with Crippen LogP contribution in [0.25, 0.3) is 27.8 Å². The topological polar surface area (TPSA) is 105 Å². The Morgan fingerprint density at radius 2 is 2.02 bits per heavy atom. The van der Waals surface area contributed by atoms with Crippen LogP contribution in [0.3, 0.4) is 0 Å². The molecule has 1 fully saturated rings. The molecule has 0 aliphatic carbocycles. The van der Waals surface area contributed by atoms with Gasteiger partial charge >= 0.3 is 5.69 Å². The van der Waals surface area contributed by atoms with Gasteiger partial charge in [0.2, 0.25) is 5.91 Å². The van der Waals surface area contributed by atoms with E-state index in [-0.39, 0.29) is 69.9 Å². The SMILES string of the molecule is C=CC(=O)N1CCN(c2nc(=O)n(-c3c(C)ccnc3C(C)C)c3c4c(c(Cl)nc23)-c2c(F)c(F)cc(CNC)c2CO4)[C@@H](C)C1. The molecule has 240 valence electrons. The van der Waals surface area contributed by atoms with E-state index in [1.807, 2.05) is 32.6 Å². The first-order valence-electron chi connectivity index (χ1n) is 15.1. The standard InChI is InChI=1S/C33H34ClF2N7O3/c1-7-22(44)41-10-11-42(18(5)14-41)32-27-29(43(33(45)40-32)28-17(4)8-9-38-26(28)16(2)3)30-24(31(34)39-27)23-20(15-46-30)19(13-37-6)12-21(35)25(23)36/h7-9,12,16,18,37H,1,10-11,13-15H2,2-6H3/t18-/m0/s1. The summed E-state index contributed by atoms with van der Waals surface area (Å²) in [5.74, 6) is -2.05. The number of carbonyl (C=O) groups is 1. The molecule has 10 nitrogen and oxygen atoms in total. The van der Waals surface area contributed by atoms with Crippen LogP contribution in [0.5, 0.6) is 5.75 Å². The van der Waals surface area contributed by atoms with E-state index in [0.717, 1.165) is 11.6 Å². The third-order valence-electron chi connectivity index (χ3n) is 8.62. The van der Waals surface area contributed by atoms with E-state index in [0.29, 0.717) is 42.1 Å². The van der Waals surface area contributed by atoms with E-state index < -0.39 is 17.3 Å². The number of anilines is 1. The monoisotopic (exact) mass is 649 g/mol. The molecule has 2 aliphatic rings. The predicted octanol–water partition coefficient (Wildman–Crippen LogP) is 5.04. The van der Waals surface area contributed by atoms with Gasteiger partial charge in [-0.25, -0.2) is 18.6 Å². The number of nitrogens with one attached hydrogen (secondary N) is 1. The number of amides is 1. The summed E-state index contributed by atoms with van der Waals surface area (Å²) in [7, 11) is 1.71. The molecule has 5 heterocycles. The molecule has 2 aliphatic heterocycles. The van der Waals surface area contributed by atoms with Crippen LogP contribution in [-0.2, 0) is 17.9 Å². The lowest BCUT2D eigenvalue weighted by molar-refractivity contribution is -0.126. The molecule has 46 heavy (non-hydrogen) atoms. The lowest BCUT2D eigenvalue weighted by Gasteiger charge is -2.40. The Labute approximate surface area is 269 Å². The van der Waals surface area contributed by atoms with Crippen LogP contribution in [0.1, 0.15) is 49.1 Å². The maximum absolute atomic E-state index is 15.8. The van der Waals surface area contributed by atoms with E-state index in [9.17, 15) is 9.59 Å². The fourth-order valence-corrected chi connectivity index (χ4v) is 6.73. The molecule has 0 spiro atoms. The average molecular weight is 650 g/mol. The zero-order chi connectivity index (χ0) is 33.0. The molecule has 1 saturated heterocycles. The second-order valence-electron chi connectivity index (χ2n) is 11.9. The number of hydrogen-bond acceptors (Lipinski definition) is 8. The maximum atomic E-state index is 15.8. The second-order valence-corrected chi connectivity index (χ2v) is 12.3. The second kappa shape index (κ2) is 12.1. The lowest BCUT2D eigenvalue weighted by atomic mass is 9.92. The van der Waals surface area contributed by atoms with Gasteiger partial charge in [0, 0.05) is 49.5 Å². The molecule has 1 atom stereocenters. The van der Waals surface area contributed by atoms with Crippen molar-refractivity contribution >= 4 is 34.4 Å². The Bertz CT molecular complexity index is 1980. The molecule has 1 amide bonds. The highest BCUT2D eigenvalue weighted by molar-refractivity contribution is 6.33. The number of carbonyl (C=O) groups excluding carboxylic acids is 1. The van der Waals surface area contributed by atoms with E-state index in [1.165, 1.54) is 10.6 Å². The van der Waals surface area contributed by atoms with Crippen molar-refractivity contribution in [2.75, 3.05) is 31.6 Å². The van der Waals surface area contributed by atoms with Gasteiger partial charge < -0.3 is 19.9 Å². The normalized spacial score (nSPS) is 16.0. The van der Waals surface area contributed by atoms with Gasteiger partial charge in [-0.2, -0.15) is 4.98 Å². The fourth-order valence-electron chi connectivity index (χ4n) is 6.46. The number of piperazine rings is 1. The minimum Gasteiger partial charge on any atom is -0.486 e. The molecule has 6 rings (SSSR count). The molecule has 3 aromatic heterocycles. The molecule has 4 aromatic rings. The highest BCUT2D eigenvalue weighted by atomic mass is 35.5. The quantitative estimate of drug-likeness (QED) is 0.229. The van der Waals surface area contributed by atoms with Gasteiger partial charge in [0.1, 0.15) is 22.8 Å². The Hall–Kier alpha value is -4.42. The van der Waals surface area contributed by atoms with Crippen LogP contribution in [-0.4, -0.2) is 63.0 Å². The van der Waals surface area contributed by atoms with Gasteiger partial charge in [-0.05, 0) is 56.1 Å². The number of pyridine rings is 2. The molecule has 0 unspecified atom stereocenters. The van der Waals surface area contributed by atoms with Gasteiger partial charge in [-0.15, -0.1) is 0 Å². The van der Waals surface area contributed by atoms with E-state index in [2.05, 4.69) is 21.9 Å². The van der Waals surface area contributed by atoms with Gasteiger partial charge in [-0.1, -0.05) is 32.0 Å². The zero-order valence-corrected chi connectivity index (χ0v) is 27.0. The number of rotatable bonds is 6. The van der Waals surface area contributed by atoms with Crippen molar-refractivity contribution in [1.82, 2.24) is 29.7 Å². The maximum Gasteiger partial charge on any atom is 0.354 e. The number of halogens is 3. The first-order valence-corrected chi connectivity index (χ1v) is 15.4. The minimum absolute atomic E-state index is 0.0529. The number of hydrogen-bond donors (Lipinski definition) is 1. The summed E-state index contributed by atoms with van der Waals surface area (Å²) in [6, 6.07) is 2.67. The number of benzene rings is 1. The van der Waals surface area contributed by atoms with Crippen LogP contribution in [0, 0.1) is 18.6 Å². The summed E-state index contributed by atoms with van der Waals surface area (Å²) in [4.78, 5) is 44.1. The van der Waals surface area contributed by atoms with Crippen LogP contribution < -0.4 is 20.6 Å². The average Bonchev–Trinajstić information content (AvgIpc) is 3.03. The van der Waals surface area contributed by atoms with Crippen molar-refractivity contribution in [3.8, 4) is 22.6 Å². The fraction of sp³-hybridized carbons (Fsp3) is 0.364. The van der Waals surface area contributed by atoms with E-state index in [4.69, 9.17) is 21.3 Å². The summed E-state index contributed by atoms with van der Waals surface area (Å²) in [6.07, 6.45) is 2.94. The van der Waals surface area contributed by atoms with E-state index in [1.54, 1.807) is 24.2 Å². The zero-order valence-electron chi connectivity index (χ0n) is 26.2. The molecular weight excluding hydrogens is 616 g/mol. The Kier molecular flexibility index (Phi) is 8.28. The number of aromatic nitrogens is 4. The number of fused-ring (bicyclic) bond motifs is 5. The first kappa shape index (κ1) is 31.6. The van der Waals surface area contributed by atoms with Gasteiger partial charge in [0.15, 0.2) is 23.2 Å². The Balaban J connectivity index is 1.72. The summed E-state index contributed by atoms with van der Waals surface area (Å²) in [6.45, 7) is 12.5. The molecule has 1 aromatic carbocycles. The van der Waals surface area contributed by atoms with Crippen LogP contribution in [0.4, 0.5) is 14.6 Å². The van der Waals surface area contributed by atoms with Crippen LogP contribution in [0.2, 0.25) is 5.15 Å². The first-order chi connectivity index (χ1) is 22.0. The predicted molar refractivity (Wildman–Crippen MR) is 173 cm³/mol. The molecule has 1 N–H and O–H groups in total. The molecular formula is C33H34ClF2N7O3. The summed E-state index contributed by atoms with van der Waals surface area (Å²) < 4.78 is 38.6. The van der Waals surface area contributed by atoms with Crippen molar-refractivity contribution in [3.05, 3.63) is 80.6 Å². The van der Waals surface area contributed by atoms with Crippen molar-refractivity contribution in [1.29, 1.82) is 0 Å². The van der Waals surface area contributed by atoms with Crippen LogP contribution in [0.15, 0.2) is 35.8 Å². The summed E-state index contributed by atoms with van der Waals surface area (Å²) in [5, 5.41) is 2.85. The van der Waals surface area contributed by atoms with E-state index >= 15 is 8.78 Å². The van der Waals surface area contributed by atoms with Crippen molar-refractivity contribution in [2.24, 2.45) is 0 Å². The number of ether oxygens (including phenoxy) is 1. The lowest BCUT2D eigenvalue weighted by Crippen LogP contribution is -2.54. The van der Waals surface area contributed by atoms with Gasteiger partial charge in [0.25, 0.3) is 0 Å². The highest BCUT2D eigenvalue weighted by Crippen LogP contribution is 2.49. The molecule has 13 heteroatoms. The van der Waals surface area contributed by atoms with Crippen molar-refractivity contribution in [2.45, 2.75) is 52.8 Å². The molecule has 0 saturated carbocycles. The van der Waals surface area contributed by atoms with Gasteiger partial charge in [-0.3, -0.25) is 14.3 Å². The van der Waals surface area contributed by atoms with Crippen LogP contribution >= 0.6 is 11.6 Å².